The van der Waals surface area contributed by atoms with Crippen LogP contribution in [0.15, 0.2) is 40.5 Å². The van der Waals surface area contributed by atoms with Gasteiger partial charge in [-0.3, -0.25) is 9.97 Å². The monoisotopic (exact) mass is 405 g/mol. The van der Waals surface area contributed by atoms with E-state index in [0.717, 1.165) is 18.4 Å². The number of aromatic amines is 2. The lowest BCUT2D eigenvalue weighted by Crippen LogP contribution is -2.28. The summed E-state index contributed by atoms with van der Waals surface area (Å²) in [5, 5.41) is 14.9. The molecular weight excluding hydrogens is 386 g/mol. The molecule has 0 unspecified atom stereocenters. The van der Waals surface area contributed by atoms with Gasteiger partial charge in [0.05, 0.1) is 12.2 Å². The van der Waals surface area contributed by atoms with E-state index >= 15 is 0 Å². The van der Waals surface area contributed by atoms with Crippen molar-refractivity contribution < 1.29 is 5.11 Å². The molecule has 0 atom stereocenters. The van der Waals surface area contributed by atoms with Crippen molar-refractivity contribution in [3.8, 4) is 5.88 Å². The van der Waals surface area contributed by atoms with E-state index in [2.05, 4.69) is 35.0 Å². The standard InChI is InChI=1S/C19H19N9O2/c1-27(10-11-4-6-20-7-5-11)17-24-15-12(8-14-16(29)25-19(30)23-14)9-21-28(15)18(26-17)22-13-2-3-13/h4-9,13,29H,2-3,10H2,1H3,(H2,23,25,30). The van der Waals surface area contributed by atoms with Gasteiger partial charge in [0.1, 0.15) is 5.69 Å². The van der Waals surface area contributed by atoms with E-state index in [0.29, 0.717) is 29.0 Å². The second-order valence-corrected chi connectivity index (χ2v) is 7.22. The molecule has 0 aliphatic heterocycles. The van der Waals surface area contributed by atoms with Crippen LogP contribution in [0.4, 0.5) is 5.95 Å². The van der Waals surface area contributed by atoms with Gasteiger partial charge in [-0.15, -0.1) is 0 Å². The van der Waals surface area contributed by atoms with Crippen LogP contribution in [0.2, 0.25) is 0 Å². The Morgan fingerprint density at radius 3 is 2.80 bits per heavy atom. The molecule has 4 heterocycles. The number of anilines is 1. The van der Waals surface area contributed by atoms with Gasteiger partial charge < -0.3 is 15.0 Å². The van der Waals surface area contributed by atoms with Crippen LogP contribution in [0.5, 0.6) is 5.88 Å². The highest BCUT2D eigenvalue weighted by atomic mass is 16.3. The maximum absolute atomic E-state index is 11.4. The molecule has 0 spiro atoms. The summed E-state index contributed by atoms with van der Waals surface area (Å²) in [6.45, 7) is 0.598. The van der Waals surface area contributed by atoms with E-state index in [9.17, 15) is 9.90 Å². The smallest absolute Gasteiger partial charge is 0.326 e. The van der Waals surface area contributed by atoms with Crippen molar-refractivity contribution in [3.05, 3.63) is 63.3 Å². The Bertz CT molecular complexity index is 1380. The minimum Gasteiger partial charge on any atom is -0.493 e. The second-order valence-electron chi connectivity index (χ2n) is 7.22. The lowest BCUT2D eigenvalue weighted by Gasteiger charge is -2.16. The molecule has 11 heteroatoms. The van der Waals surface area contributed by atoms with Crippen LogP contribution in [0.1, 0.15) is 24.1 Å². The zero-order valence-corrected chi connectivity index (χ0v) is 16.1. The zero-order valence-electron chi connectivity index (χ0n) is 16.1. The van der Waals surface area contributed by atoms with Gasteiger partial charge in [0.25, 0.3) is 5.62 Å². The lowest BCUT2D eigenvalue weighted by molar-refractivity contribution is 0.454. The Labute approximate surface area is 169 Å². The molecule has 0 saturated heterocycles. The first-order valence-corrected chi connectivity index (χ1v) is 9.49. The number of nitrogens with zero attached hydrogens (tertiary/aromatic N) is 7. The van der Waals surface area contributed by atoms with E-state index in [1.54, 1.807) is 29.2 Å². The van der Waals surface area contributed by atoms with Crippen molar-refractivity contribution >= 4 is 17.7 Å². The second kappa shape index (κ2) is 7.10. The third-order valence-corrected chi connectivity index (χ3v) is 4.76. The molecule has 1 saturated carbocycles. The number of nitrogens with one attached hydrogen (secondary N) is 2. The van der Waals surface area contributed by atoms with Crippen LogP contribution in [0.25, 0.3) is 11.7 Å². The number of aromatic hydroxyl groups is 1. The molecule has 1 aliphatic rings. The normalized spacial score (nSPS) is 15.2. The summed E-state index contributed by atoms with van der Waals surface area (Å²) in [4.78, 5) is 36.2. The Hall–Kier alpha value is -4.02. The van der Waals surface area contributed by atoms with Crippen molar-refractivity contribution in [3.63, 3.8) is 0 Å². The van der Waals surface area contributed by atoms with Crippen LogP contribution >= 0.6 is 0 Å². The quantitative estimate of drug-likeness (QED) is 0.406. The summed E-state index contributed by atoms with van der Waals surface area (Å²) < 4.78 is 1.58. The van der Waals surface area contributed by atoms with Crippen molar-refractivity contribution in [2.75, 3.05) is 11.9 Å². The number of aromatic nitrogens is 7. The SMILES string of the molecule is CN(Cc1ccncc1)c1nc(=NC2CC2)n2ncc(=Cc3[nH]c(=O)[nH]c3O)c2n1. The number of pyridine rings is 1. The fraction of sp³-hybridized carbons (Fsp3) is 0.263. The first-order chi connectivity index (χ1) is 14.6. The van der Waals surface area contributed by atoms with Gasteiger partial charge in [-0.1, -0.05) is 0 Å². The van der Waals surface area contributed by atoms with Crippen LogP contribution in [0, 0.1) is 0 Å². The average molecular weight is 405 g/mol. The van der Waals surface area contributed by atoms with E-state index < -0.39 is 5.69 Å². The summed E-state index contributed by atoms with van der Waals surface area (Å²) in [5.74, 6) is 0.256. The Kier molecular flexibility index (Phi) is 4.27. The number of fused-ring (bicyclic) bond motifs is 1. The summed E-state index contributed by atoms with van der Waals surface area (Å²) in [5.41, 5.74) is 1.84. The maximum atomic E-state index is 11.4. The Morgan fingerprint density at radius 2 is 2.10 bits per heavy atom. The van der Waals surface area contributed by atoms with Crippen LogP contribution in [-0.4, -0.2) is 52.7 Å². The van der Waals surface area contributed by atoms with Gasteiger partial charge in [0.2, 0.25) is 11.8 Å². The molecule has 5 rings (SSSR count). The third-order valence-electron chi connectivity index (χ3n) is 4.76. The summed E-state index contributed by atoms with van der Waals surface area (Å²) in [7, 11) is 1.91. The highest BCUT2D eigenvalue weighted by molar-refractivity contribution is 5.57. The average Bonchev–Trinajstić information content (AvgIpc) is 3.37. The molecule has 1 aliphatic carbocycles. The summed E-state index contributed by atoms with van der Waals surface area (Å²) >= 11 is 0. The van der Waals surface area contributed by atoms with Gasteiger partial charge >= 0.3 is 5.69 Å². The van der Waals surface area contributed by atoms with E-state index in [4.69, 9.17) is 0 Å². The molecule has 3 N–H and O–H groups in total. The van der Waals surface area contributed by atoms with Crippen molar-refractivity contribution in [1.29, 1.82) is 0 Å². The van der Waals surface area contributed by atoms with E-state index in [1.165, 1.54) is 0 Å². The van der Waals surface area contributed by atoms with Crippen molar-refractivity contribution in [2.45, 2.75) is 25.4 Å². The lowest BCUT2D eigenvalue weighted by atomic mass is 10.2. The molecule has 4 aromatic rings. The first kappa shape index (κ1) is 18.0. The molecular formula is C19H19N9O2. The number of H-pyrrole nitrogens is 2. The van der Waals surface area contributed by atoms with Gasteiger partial charge in [0, 0.05) is 31.2 Å². The fourth-order valence-electron chi connectivity index (χ4n) is 3.07. The van der Waals surface area contributed by atoms with Gasteiger partial charge in [-0.05, 0) is 36.6 Å². The molecule has 30 heavy (non-hydrogen) atoms. The predicted octanol–water partition coefficient (Wildman–Crippen LogP) is -0.511. The third kappa shape index (κ3) is 3.52. The largest absolute Gasteiger partial charge is 0.493 e. The van der Waals surface area contributed by atoms with Gasteiger partial charge in [-0.2, -0.15) is 19.6 Å². The fourth-order valence-corrected chi connectivity index (χ4v) is 3.07. The number of rotatable bonds is 5. The van der Waals surface area contributed by atoms with E-state index in [1.807, 2.05) is 24.1 Å². The van der Waals surface area contributed by atoms with E-state index in [-0.39, 0.29) is 17.6 Å². The summed E-state index contributed by atoms with van der Waals surface area (Å²) in [6, 6.07) is 4.13. The van der Waals surface area contributed by atoms with Gasteiger partial charge in [-0.25, -0.2) is 9.79 Å². The summed E-state index contributed by atoms with van der Waals surface area (Å²) in [6.07, 6.45) is 8.77. The van der Waals surface area contributed by atoms with Crippen LogP contribution in [-0.2, 0) is 6.54 Å². The molecule has 1 fully saturated rings. The maximum Gasteiger partial charge on any atom is 0.326 e. The van der Waals surface area contributed by atoms with Gasteiger partial charge in [0.15, 0.2) is 5.65 Å². The molecule has 0 bridgehead atoms. The van der Waals surface area contributed by atoms with Crippen LogP contribution < -0.4 is 21.4 Å². The van der Waals surface area contributed by atoms with Crippen LogP contribution in [0.3, 0.4) is 0 Å². The topological polar surface area (TPSA) is 140 Å². The Morgan fingerprint density at radius 1 is 1.30 bits per heavy atom. The molecule has 152 valence electrons. The first-order valence-electron chi connectivity index (χ1n) is 9.49. The highest BCUT2D eigenvalue weighted by Gasteiger charge is 2.21. The highest BCUT2D eigenvalue weighted by Crippen LogP contribution is 2.22. The van der Waals surface area contributed by atoms with Crippen molar-refractivity contribution in [1.82, 2.24) is 34.5 Å². The molecule has 4 aromatic heterocycles. The number of imidazole rings is 1. The predicted molar refractivity (Wildman–Crippen MR) is 108 cm³/mol. The zero-order chi connectivity index (χ0) is 20.7. The minimum absolute atomic E-state index is 0.244. The van der Waals surface area contributed by atoms with Crippen molar-refractivity contribution in [2.24, 2.45) is 4.99 Å². The molecule has 0 amide bonds. The number of hydrogen-bond acceptors (Lipinski definition) is 8. The molecule has 11 nitrogen and oxygen atoms in total. The molecule has 0 radical (unpaired) electrons. The Balaban J connectivity index is 1.65. The minimum atomic E-state index is -0.493. The molecule has 0 aromatic carbocycles. The number of hydrogen-bond donors (Lipinski definition) is 3.